The lowest BCUT2D eigenvalue weighted by Gasteiger charge is -2.41. The van der Waals surface area contributed by atoms with Crippen molar-refractivity contribution in [1.82, 2.24) is 4.98 Å². The molecule has 2 heterocycles. The highest BCUT2D eigenvalue weighted by Crippen LogP contribution is 2.27. The first-order valence-corrected chi connectivity index (χ1v) is 6.13. The molecule has 2 unspecified atom stereocenters. The van der Waals surface area contributed by atoms with Gasteiger partial charge in [0.05, 0.1) is 0 Å². The van der Waals surface area contributed by atoms with Crippen LogP contribution in [0.2, 0.25) is 0 Å². The summed E-state index contributed by atoms with van der Waals surface area (Å²) in [4.78, 5) is 6.88. The molecule has 1 fully saturated rings. The van der Waals surface area contributed by atoms with Gasteiger partial charge in [-0.25, -0.2) is 4.98 Å². The smallest absolute Gasteiger partial charge is 0.129 e. The van der Waals surface area contributed by atoms with E-state index in [-0.39, 0.29) is 0 Å². The maximum absolute atomic E-state index is 5.86. The molecule has 2 atom stereocenters. The van der Waals surface area contributed by atoms with Gasteiger partial charge in [-0.05, 0) is 50.8 Å². The van der Waals surface area contributed by atoms with Crippen LogP contribution in [0.4, 0.5) is 5.82 Å². The number of aromatic nitrogens is 1. The molecule has 1 aliphatic rings. The summed E-state index contributed by atoms with van der Waals surface area (Å²) in [5.41, 5.74) is 7.12. The number of piperidine rings is 1. The van der Waals surface area contributed by atoms with Crippen molar-refractivity contribution in [1.29, 1.82) is 0 Å². The zero-order valence-corrected chi connectivity index (χ0v) is 10.2. The quantitative estimate of drug-likeness (QED) is 0.828. The molecule has 0 spiro atoms. The Hall–Kier alpha value is -1.09. The predicted octanol–water partition coefficient (Wildman–Crippen LogP) is 2.10. The second-order valence-corrected chi connectivity index (χ2v) is 4.77. The number of pyridine rings is 1. The first-order chi connectivity index (χ1) is 7.72. The number of hydrogen-bond donors (Lipinski definition) is 1. The fourth-order valence-electron chi connectivity index (χ4n) is 2.59. The van der Waals surface area contributed by atoms with Crippen LogP contribution in [0.25, 0.3) is 0 Å². The van der Waals surface area contributed by atoms with Gasteiger partial charge in [0.25, 0.3) is 0 Å². The second kappa shape index (κ2) is 4.83. The van der Waals surface area contributed by atoms with Gasteiger partial charge in [0.1, 0.15) is 5.82 Å². The van der Waals surface area contributed by atoms with E-state index in [9.17, 15) is 0 Å². The number of nitrogens with two attached hydrogens (primary N) is 1. The van der Waals surface area contributed by atoms with Gasteiger partial charge in [-0.2, -0.15) is 0 Å². The van der Waals surface area contributed by atoms with Crippen molar-refractivity contribution in [2.45, 2.75) is 45.2 Å². The number of anilines is 1. The van der Waals surface area contributed by atoms with Crippen LogP contribution in [-0.2, 0) is 0 Å². The maximum atomic E-state index is 5.86. The van der Waals surface area contributed by atoms with Crippen molar-refractivity contribution in [3.05, 3.63) is 23.9 Å². The molecule has 88 valence electrons. The summed E-state index contributed by atoms with van der Waals surface area (Å²) in [6.07, 6.45) is 5.60. The van der Waals surface area contributed by atoms with E-state index in [1.54, 1.807) is 0 Å². The van der Waals surface area contributed by atoms with Crippen LogP contribution in [-0.4, -0.2) is 23.6 Å². The molecule has 0 aliphatic carbocycles. The summed E-state index contributed by atoms with van der Waals surface area (Å²) in [5.74, 6) is 1.09. The van der Waals surface area contributed by atoms with E-state index in [1.807, 2.05) is 12.3 Å². The molecule has 0 aromatic carbocycles. The fraction of sp³-hybridized carbons (Fsp3) is 0.615. The summed E-state index contributed by atoms with van der Waals surface area (Å²) in [5, 5.41) is 0. The standard InChI is InChI=1S/C13H21N3/c1-10-6-7-15-13(8-10)16-11(2)4-3-5-12(16)9-14/h6-8,11-12H,3-5,9,14H2,1-2H3. The number of aryl methyl sites for hydroxylation is 1. The second-order valence-electron chi connectivity index (χ2n) is 4.77. The third-order valence-corrected chi connectivity index (χ3v) is 3.47. The Kier molecular flexibility index (Phi) is 3.44. The van der Waals surface area contributed by atoms with E-state index in [4.69, 9.17) is 5.73 Å². The normalized spacial score (nSPS) is 25.8. The highest BCUT2D eigenvalue weighted by atomic mass is 15.2. The highest BCUT2D eigenvalue weighted by molar-refractivity contribution is 5.43. The maximum Gasteiger partial charge on any atom is 0.129 e. The molecule has 16 heavy (non-hydrogen) atoms. The molecule has 2 N–H and O–H groups in total. The molecule has 0 amide bonds. The molecule has 0 saturated carbocycles. The van der Waals surface area contributed by atoms with Gasteiger partial charge in [-0.1, -0.05) is 0 Å². The largest absolute Gasteiger partial charge is 0.350 e. The Labute approximate surface area is 97.7 Å². The lowest BCUT2D eigenvalue weighted by atomic mass is 9.96. The van der Waals surface area contributed by atoms with Gasteiger partial charge < -0.3 is 10.6 Å². The van der Waals surface area contributed by atoms with Crippen LogP contribution in [0.5, 0.6) is 0 Å². The lowest BCUT2D eigenvalue weighted by Crippen LogP contribution is -2.49. The van der Waals surface area contributed by atoms with Gasteiger partial charge in [0.15, 0.2) is 0 Å². The van der Waals surface area contributed by atoms with Gasteiger partial charge in [-0.3, -0.25) is 0 Å². The van der Waals surface area contributed by atoms with Crippen molar-refractivity contribution in [3.63, 3.8) is 0 Å². The van der Waals surface area contributed by atoms with Crippen molar-refractivity contribution in [2.75, 3.05) is 11.4 Å². The van der Waals surface area contributed by atoms with Crippen molar-refractivity contribution in [2.24, 2.45) is 5.73 Å². The third kappa shape index (κ3) is 2.19. The van der Waals surface area contributed by atoms with Crippen LogP contribution < -0.4 is 10.6 Å². The van der Waals surface area contributed by atoms with E-state index in [0.717, 1.165) is 12.4 Å². The van der Waals surface area contributed by atoms with E-state index >= 15 is 0 Å². The Bertz CT molecular complexity index is 351. The Morgan fingerprint density at radius 2 is 2.31 bits per heavy atom. The zero-order chi connectivity index (χ0) is 11.5. The highest BCUT2D eigenvalue weighted by Gasteiger charge is 2.27. The summed E-state index contributed by atoms with van der Waals surface area (Å²) in [7, 11) is 0. The van der Waals surface area contributed by atoms with Crippen molar-refractivity contribution >= 4 is 5.82 Å². The van der Waals surface area contributed by atoms with Crippen molar-refractivity contribution in [3.8, 4) is 0 Å². The molecule has 1 saturated heterocycles. The Morgan fingerprint density at radius 3 is 3.00 bits per heavy atom. The molecule has 3 heteroatoms. The van der Waals surface area contributed by atoms with Gasteiger partial charge in [-0.15, -0.1) is 0 Å². The SMILES string of the molecule is Cc1ccnc(N2C(C)CCCC2CN)c1. The van der Waals surface area contributed by atoms with Gasteiger partial charge in [0, 0.05) is 24.8 Å². The lowest BCUT2D eigenvalue weighted by molar-refractivity contribution is 0.398. The summed E-state index contributed by atoms with van der Waals surface area (Å²) in [6, 6.07) is 5.20. The molecular weight excluding hydrogens is 198 g/mol. The van der Waals surface area contributed by atoms with E-state index in [0.29, 0.717) is 12.1 Å². The molecule has 1 aromatic rings. The van der Waals surface area contributed by atoms with Crippen molar-refractivity contribution < 1.29 is 0 Å². The van der Waals surface area contributed by atoms with Crippen LogP contribution in [0.15, 0.2) is 18.3 Å². The number of hydrogen-bond acceptors (Lipinski definition) is 3. The minimum Gasteiger partial charge on any atom is -0.350 e. The summed E-state index contributed by atoms with van der Waals surface area (Å²) < 4.78 is 0. The molecule has 2 rings (SSSR count). The average Bonchev–Trinajstić information content (AvgIpc) is 2.28. The summed E-state index contributed by atoms with van der Waals surface area (Å²) in [6.45, 7) is 5.10. The van der Waals surface area contributed by atoms with Crippen LogP contribution >= 0.6 is 0 Å². The van der Waals surface area contributed by atoms with E-state index < -0.39 is 0 Å². The van der Waals surface area contributed by atoms with Crippen LogP contribution in [0.1, 0.15) is 31.7 Å². The van der Waals surface area contributed by atoms with Crippen LogP contribution in [0.3, 0.4) is 0 Å². The van der Waals surface area contributed by atoms with Gasteiger partial charge in [0.2, 0.25) is 0 Å². The van der Waals surface area contributed by atoms with Gasteiger partial charge >= 0.3 is 0 Å². The number of nitrogens with zero attached hydrogens (tertiary/aromatic N) is 2. The minimum absolute atomic E-state index is 0.457. The monoisotopic (exact) mass is 219 g/mol. The molecule has 1 aliphatic heterocycles. The third-order valence-electron chi connectivity index (χ3n) is 3.47. The van der Waals surface area contributed by atoms with E-state index in [1.165, 1.54) is 24.8 Å². The first-order valence-electron chi connectivity index (χ1n) is 6.13. The molecule has 0 bridgehead atoms. The average molecular weight is 219 g/mol. The Balaban J connectivity index is 2.28. The van der Waals surface area contributed by atoms with E-state index in [2.05, 4.69) is 29.8 Å². The van der Waals surface area contributed by atoms with Crippen LogP contribution in [0, 0.1) is 6.92 Å². The molecular formula is C13H21N3. The first kappa shape index (κ1) is 11.4. The zero-order valence-electron chi connectivity index (χ0n) is 10.2. The fourth-order valence-corrected chi connectivity index (χ4v) is 2.59. The minimum atomic E-state index is 0.457. The molecule has 0 radical (unpaired) electrons. The number of rotatable bonds is 2. The molecule has 3 nitrogen and oxygen atoms in total. The summed E-state index contributed by atoms with van der Waals surface area (Å²) >= 11 is 0. The molecule has 1 aromatic heterocycles. The Morgan fingerprint density at radius 1 is 1.50 bits per heavy atom. The topological polar surface area (TPSA) is 42.2 Å². The predicted molar refractivity (Wildman–Crippen MR) is 67.6 cm³/mol.